The first kappa shape index (κ1) is 15.6. The van der Waals surface area contributed by atoms with Crippen LogP contribution < -0.4 is 0 Å². The number of alkyl halides is 3. The summed E-state index contributed by atoms with van der Waals surface area (Å²) in [7, 11) is 0. The molecule has 2 nitrogen and oxygen atoms in total. The van der Waals surface area contributed by atoms with Crippen LogP contribution in [-0.4, -0.2) is 29.3 Å². The number of phenols is 1. The van der Waals surface area contributed by atoms with Gasteiger partial charge in [-0.15, -0.1) is 0 Å². The molecule has 6 heteroatoms. The molecule has 0 bridgehead atoms. The van der Waals surface area contributed by atoms with E-state index in [-0.39, 0.29) is 24.6 Å². The lowest BCUT2D eigenvalue weighted by Crippen LogP contribution is -2.40. The summed E-state index contributed by atoms with van der Waals surface area (Å²) in [6.45, 7) is 2.71. The molecule has 1 unspecified atom stereocenters. The second-order valence-electron chi connectivity index (χ2n) is 5.23. The van der Waals surface area contributed by atoms with Gasteiger partial charge in [0, 0.05) is 16.1 Å². The summed E-state index contributed by atoms with van der Waals surface area (Å²) in [5.74, 6) is -1.01. The van der Waals surface area contributed by atoms with Crippen molar-refractivity contribution in [2.45, 2.75) is 32.0 Å². The molecule has 1 aromatic rings. The quantitative estimate of drug-likeness (QED) is 0.848. The molecule has 1 aliphatic heterocycles. The average Bonchev–Trinajstić information content (AvgIpc) is 2.40. The number of hydrogen-bond donors (Lipinski definition) is 1. The van der Waals surface area contributed by atoms with E-state index in [1.54, 1.807) is 12.1 Å². The average molecular weight is 352 g/mol. The summed E-state index contributed by atoms with van der Waals surface area (Å²) in [5, 5.41) is 9.89. The second kappa shape index (κ2) is 5.93. The molecule has 0 aliphatic carbocycles. The van der Waals surface area contributed by atoms with Crippen LogP contribution in [0.15, 0.2) is 22.7 Å². The highest BCUT2D eigenvalue weighted by molar-refractivity contribution is 9.10. The van der Waals surface area contributed by atoms with Gasteiger partial charge < -0.3 is 5.11 Å². The summed E-state index contributed by atoms with van der Waals surface area (Å²) < 4.78 is 38.8. The zero-order valence-corrected chi connectivity index (χ0v) is 12.7. The number of halogens is 4. The van der Waals surface area contributed by atoms with E-state index in [0.29, 0.717) is 13.1 Å². The molecule has 112 valence electrons. The maximum atomic E-state index is 12.6. The Kier molecular flexibility index (Phi) is 4.64. The Morgan fingerprint density at radius 3 is 2.45 bits per heavy atom. The van der Waals surface area contributed by atoms with E-state index in [1.807, 2.05) is 17.9 Å². The molecule has 1 heterocycles. The van der Waals surface area contributed by atoms with E-state index >= 15 is 0 Å². The summed E-state index contributed by atoms with van der Waals surface area (Å²) in [6, 6.07) is 5.05. The lowest BCUT2D eigenvalue weighted by molar-refractivity contribution is -0.186. The van der Waals surface area contributed by atoms with Crippen LogP contribution in [0.1, 0.15) is 31.4 Å². The van der Waals surface area contributed by atoms with Crippen molar-refractivity contribution in [1.29, 1.82) is 0 Å². The fraction of sp³-hybridized carbons (Fsp3) is 0.571. The van der Waals surface area contributed by atoms with Crippen molar-refractivity contribution in [2.75, 3.05) is 13.1 Å². The van der Waals surface area contributed by atoms with Crippen molar-refractivity contribution in [3.8, 4) is 5.75 Å². The third-order valence-corrected chi connectivity index (χ3v) is 4.47. The van der Waals surface area contributed by atoms with E-state index in [4.69, 9.17) is 0 Å². The van der Waals surface area contributed by atoms with Crippen LogP contribution in [0.25, 0.3) is 0 Å². The van der Waals surface area contributed by atoms with Gasteiger partial charge >= 0.3 is 6.18 Å². The van der Waals surface area contributed by atoms with E-state index in [2.05, 4.69) is 15.9 Å². The molecule has 2 rings (SSSR count). The molecule has 1 aliphatic rings. The van der Waals surface area contributed by atoms with Crippen LogP contribution in [0.2, 0.25) is 0 Å². The largest absolute Gasteiger partial charge is 0.508 e. The van der Waals surface area contributed by atoms with Gasteiger partial charge in [0.05, 0.1) is 5.92 Å². The monoisotopic (exact) mass is 351 g/mol. The van der Waals surface area contributed by atoms with Gasteiger partial charge in [0.15, 0.2) is 0 Å². The minimum Gasteiger partial charge on any atom is -0.508 e. The third-order valence-electron chi connectivity index (χ3n) is 3.98. The molecular weight excluding hydrogens is 335 g/mol. The van der Waals surface area contributed by atoms with Crippen molar-refractivity contribution in [3.63, 3.8) is 0 Å². The van der Waals surface area contributed by atoms with Gasteiger partial charge in [-0.05, 0) is 51.1 Å². The van der Waals surface area contributed by atoms with Gasteiger partial charge in [-0.25, -0.2) is 0 Å². The third kappa shape index (κ3) is 3.47. The second-order valence-corrected chi connectivity index (χ2v) is 6.15. The molecule has 1 N–H and O–H groups in total. The zero-order chi connectivity index (χ0) is 14.9. The topological polar surface area (TPSA) is 23.5 Å². The highest BCUT2D eigenvalue weighted by Crippen LogP contribution is 2.38. The van der Waals surface area contributed by atoms with Gasteiger partial charge in [0.1, 0.15) is 5.75 Å². The van der Waals surface area contributed by atoms with Crippen molar-refractivity contribution < 1.29 is 18.3 Å². The number of likely N-dealkylation sites (tertiary alicyclic amines) is 1. The van der Waals surface area contributed by atoms with Crippen LogP contribution in [0.3, 0.4) is 0 Å². The smallest absolute Gasteiger partial charge is 0.391 e. The van der Waals surface area contributed by atoms with Crippen LogP contribution in [0.4, 0.5) is 13.2 Å². The summed E-state index contributed by atoms with van der Waals surface area (Å²) in [6.07, 6.45) is -3.83. The van der Waals surface area contributed by atoms with E-state index in [0.717, 1.165) is 10.0 Å². The Morgan fingerprint density at radius 2 is 1.90 bits per heavy atom. The molecule has 1 atom stereocenters. The number of aromatic hydroxyl groups is 1. The Hall–Kier alpha value is -0.750. The summed E-state index contributed by atoms with van der Waals surface area (Å²) in [5.41, 5.74) is 0.741. The van der Waals surface area contributed by atoms with E-state index in [9.17, 15) is 18.3 Å². The van der Waals surface area contributed by atoms with Gasteiger partial charge in [0.25, 0.3) is 0 Å². The van der Waals surface area contributed by atoms with Gasteiger partial charge in [-0.3, -0.25) is 4.90 Å². The highest BCUT2D eigenvalue weighted by Gasteiger charge is 2.41. The van der Waals surface area contributed by atoms with Gasteiger partial charge in [-0.1, -0.05) is 15.9 Å². The molecule has 0 radical (unpaired) electrons. The Labute approximate surface area is 124 Å². The fourth-order valence-electron chi connectivity index (χ4n) is 2.67. The minimum atomic E-state index is -4.09. The van der Waals surface area contributed by atoms with Gasteiger partial charge in [-0.2, -0.15) is 13.2 Å². The van der Waals surface area contributed by atoms with E-state index < -0.39 is 12.1 Å². The van der Waals surface area contributed by atoms with Crippen molar-refractivity contribution in [1.82, 2.24) is 4.90 Å². The lowest BCUT2D eigenvalue weighted by atomic mass is 9.94. The molecule has 0 spiro atoms. The molecule has 20 heavy (non-hydrogen) atoms. The Balaban J connectivity index is 2.05. The SMILES string of the molecule is CC(c1cc(Br)ccc1O)N1CCC(C(F)(F)F)CC1. The Bertz CT molecular complexity index is 470. The normalized spacial score (nSPS) is 20.1. The van der Waals surface area contributed by atoms with Crippen molar-refractivity contribution >= 4 is 15.9 Å². The minimum absolute atomic E-state index is 0.0957. The number of nitrogens with zero attached hydrogens (tertiary/aromatic N) is 1. The first-order chi connectivity index (χ1) is 9.29. The predicted octanol–water partition coefficient (Wildman–Crippen LogP) is 4.49. The van der Waals surface area contributed by atoms with Crippen LogP contribution in [0.5, 0.6) is 5.75 Å². The first-order valence-electron chi connectivity index (χ1n) is 6.58. The molecule has 1 saturated heterocycles. The molecular formula is C14H17BrF3NO. The number of phenolic OH excluding ortho intramolecular Hbond substituents is 1. The van der Waals surface area contributed by atoms with E-state index in [1.165, 1.54) is 0 Å². The van der Waals surface area contributed by atoms with Crippen molar-refractivity contribution in [3.05, 3.63) is 28.2 Å². The number of hydrogen-bond acceptors (Lipinski definition) is 2. The Morgan fingerprint density at radius 1 is 1.30 bits per heavy atom. The molecule has 0 aromatic heterocycles. The van der Waals surface area contributed by atoms with Crippen molar-refractivity contribution in [2.24, 2.45) is 5.92 Å². The fourth-order valence-corrected chi connectivity index (χ4v) is 3.05. The van der Waals surface area contributed by atoms with Crippen LogP contribution in [0, 0.1) is 5.92 Å². The number of rotatable bonds is 2. The number of benzene rings is 1. The molecule has 1 aromatic carbocycles. The standard InChI is InChI=1S/C14H17BrF3NO/c1-9(12-8-11(15)2-3-13(12)20)19-6-4-10(5-7-19)14(16,17)18/h2-3,8-10,20H,4-7H2,1H3. The summed E-state index contributed by atoms with van der Waals surface area (Å²) >= 11 is 3.35. The maximum absolute atomic E-state index is 12.6. The van der Waals surface area contributed by atoms with Crippen LogP contribution in [-0.2, 0) is 0 Å². The molecule has 0 saturated carbocycles. The molecule has 0 amide bonds. The summed E-state index contributed by atoms with van der Waals surface area (Å²) in [4.78, 5) is 1.99. The number of piperidine rings is 1. The van der Waals surface area contributed by atoms with Crippen LogP contribution >= 0.6 is 15.9 Å². The maximum Gasteiger partial charge on any atom is 0.391 e. The zero-order valence-electron chi connectivity index (χ0n) is 11.1. The molecule has 1 fully saturated rings. The highest BCUT2D eigenvalue weighted by atomic mass is 79.9. The van der Waals surface area contributed by atoms with Gasteiger partial charge in [0.2, 0.25) is 0 Å². The lowest BCUT2D eigenvalue weighted by Gasteiger charge is -2.37. The predicted molar refractivity (Wildman–Crippen MR) is 74.6 cm³/mol. The first-order valence-corrected chi connectivity index (χ1v) is 7.37.